The van der Waals surface area contributed by atoms with Gasteiger partial charge in [-0.25, -0.2) is 0 Å². The Labute approximate surface area is 107 Å². The van der Waals surface area contributed by atoms with Gasteiger partial charge in [0, 0.05) is 18.9 Å². The molecule has 1 N–H and O–H groups in total. The van der Waals surface area contributed by atoms with Crippen molar-refractivity contribution in [3.05, 3.63) is 29.0 Å². The third kappa shape index (κ3) is 5.15. The van der Waals surface area contributed by atoms with E-state index in [9.17, 15) is 4.79 Å². The zero-order valence-corrected chi connectivity index (χ0v) is 11.0. The highest BCUT2D eigenvalue weighted by atomic mass is 35.5. The van der Waals surface area contributed by atoms with E-state index in [2.05, 4.69) is 15.2 Å². The van der Waals surface area contributed by atoms with Gasteiger partial charge in [0.25, 0.3) is 5.91 Å². The maximum atomic E-state index is 11.7. The number of pyridine rings is 1. The van der Waals surface area contributed by atoms with Gasteiger partial charge in [-0.1, -0.05) is 11.6 Å². The van der Waals surface area contributed by atoms with Gasteiger partial charge in [-0.3, -0.25) is 9.78 Å². The fraction of sp³-hybridized carbons (Fsp3) is 0.500. The Bertz CT molecular complexity index is 369. The molecule has 0 unspecified atom stereocenters. The van der Waals surface area contributed by atoms with E-state index in [-0.39, 0.29) is 5.91 Å². The molecule has 0 aromatic carbocycles. The highest BCUT2D eigenvalue weighted by Gasteiger charge is 2.08. The van der Waals surface area contributed by atoms with Crippen LogP contribution in [0.5, 0.6) is 0 Å². The molecule has 0 aliphatic rings. The number of amides is 1. The van der Waals surface area contributed by atoms with E-state index >= 15 is 0 Å². The summed E-state index contributed by atoms with van der Waals surface area (Å²) in [5, 5.41) is 3.23. The molecule has 0 aliphatic carbocycles. The number of hydrogen-bond acceptors (Lipinski definition) is 3. The molecular formula is C12H18ClN3O. The molecule has 0 saturated heterocycles. The fourth-order valence-corrected chi connectivity index (χ4v) is 1.61. The first-order chi connectivity index (χ1) is 8.11. The number of unbranched alkanes of at least 4 members (excludes halogenated alkanes) is 1. The largest absolute Gasteiger partial charge is 0.352 e. The summed E-state index contributed by atoms with van der Waals surface area (Å²) in [7, 11) is 4.07. The van der Waals surface area contributed by atoms with Crippen LogP contribution in [0.4, 0.5) is 0 Å². The van der Waals surface area contributed by atoms with Crippen LogP contribution in [0.1, 0.15) is 23.2 Å². The fourth-order valence-electron chi connectivity index (χ4n) is 1.41. The summed E-state index contributed by atoms with van der Waals surface area (Å²) in [4.78, 5) is 17.7. The number of nitrogens with one attached hydrogen (secondary N) is 1. The Morgan fingerprint density at radius 2 is 2.24 bits per heavy atom. The van der Waals surface area contributed by atoms with Crippen LogP contribution in [0.25, 0.3) is 0 Å². The molecule has 1 aromatic rings. The van der Waals surface area contributed by atoms with Gasteiger partial charge in [-0.2, -0.15) is 0 Å². The second kappa shape index (κ2) is 7.25. The molecule has 4 nitrogen and oxygen atoms in total. The number of carbonyl (C=O) groups is 1. The van der Waals surface area contributed by atoms with Gasteiger partial charge in [0.15, 0.2) is 0 Å². The second-order valence-corrected chi connectivity index (χ2v) is 4.53. The molecule has 0 radical (unpaired) electrons. The lowest BCUT2D eigenvalue weighted by Gasteiger charge is -2.09. The molecule has 0 fully saturated rings. The third-order valence-electron chi connectivity index (χ3n) is 2.33. The van der Waals surface area contributed by atoms with Gasteiger partial charge in [-0.05, 0) is 39.5 Å². The molecule has 0 bridgehead atoms. The van der Waals surface area contributed by atoms with Gasteiger partial charge < -0.3 is 10.2 Å². The van der Waals surface area contributed by atoms with E-state index in [0.717, 1.165) is 19.4 Å². The Kier molecular flexibility index (Phi) is 5.94. The summed E-state index contributed by atoms with van der Waals surface area (Å²) in [5.74, 6) is -0.137. The summed E-state index contributed by atoms with van der Waals surface area (Å²) >= 11 is 5.87. The van der Waals surface area contributed by atoms with Crippen molar-refractivity contribution < 1.29 is 4.79 Å². The van der Waals surface area contributed by atoms with Crippen LogP contribution in [-0.2, 0) is 0 Å². The van der Waals surface area contributed by atoms with E-state index in [0.29, 0.717) is 17.1 Å². The van der Waals surface area contributed by atoms with Crippen LogP contribution in [0.3, 0.4) is 0 Å². The van der Waals surface area contributed by atoms with E-state index in [1.54, 1.807) is 12.3 Å². The summed E-state index contributed by atoms with van der Waals surface area (Å²) in [5.41, 5.74) is 0.481. The summed E-state index contributed by atoms with van der Waals surface area (Å²) < 4.78 is 0. The van der Waals surface area contributed by atoms with Gasteiger partial charge in [0.05, 0.1) is 10.6 Å². The molecule has 1 aromatic heterocycles. The number of carbonyl (C=O) groups excluding carboxylic acids is 1. The van der Waals surface area contributed by atoms with Crippen LogP contribution in [0.2, 0.25) is 5.02 Å². The molecule has 94 valence electrons. The van der Waals surface area contributed by atoms with E-state index < -0.39 is 0 Å². The quantitative estimate of drug-likeness (QED) is 0.789. The van der Waals surface area contributed by atoms with Crippen LogP contribution in [-0.4, -0.2) is 43.0 Å². The summed E-state index contributed by atoms with van der Waals surface area (Å²) in [6, 6.07) is 1.62. The first-order valence-corrected chi connectivity index (χ1v) is 6.01. The Morgan fingerprint density at radius 3 is 2.88 bits per heavy atom. The molecule has 1 heterocycles. The minimum atomic E-state index is -0.137. The normalized spacial score (nSPS) is 10.6. The van der Waals surface area contributed by atoms with Crippen molar-refractivity contribution in [2.75, 3.05) is 27.2 Å². The van der Waals surface area contributed by atoms with Crippen molar-refractivity contribution in [2.24, 2.45) is 0 Å². The van der Waals surface area contributed by atoms with Gasteiger partial charge in [0.2, 0.25) is 0 Å². The maximum absolute atomic E-state index is 11.7. The van der Waals surface area contributed by atoms with Gasteiger partial charge in [0.1, 0.15) is 0 Å². The van der Waals surface area contributed by atoms with E-state index in [1.807, 2.05) is 14.1 Å². The average Bonchev–Trinajstić information content (AvgIpc) is 2.28. The van der Waals surface area contributed by atoms with Gasteiger partial charge >= 0.3 is 0 Å². The summed E-state index contributed by atoms with van der Waals surface area (Å²) in [6.45, 7) is 1.71. The molecule has 0 saturated carbocycles. The Balaban J connectivity index is 2.29. The van der Waals surface area contributed by atoms with Gasteiger partial charge in [-0.15, -0.1) is 0 Å². The van der Waals surface area contributed by atoms with Crippen LogP contribution in [0, 0.1) is 0 Å². The highest BCUT2D eigenvalue weighted by Crippen LogP contribution is 2.12. The molecule has 5 heteroatoms. The zero-order valence-electron chi connectivity index (χ0n) is 10.2. The minimum Gasteiger partial charge on any atom is -0.352 e. The lowest BCUT2D eigenvalue weighted by Crippen LogP contribution is -2.25. The van der Waals surface area contributed by atoms with E-state index in [1.165, 1.54) is 6.20 Å². The SMILES string of the molecule is CN(C)CCCCNC(=O)c1ccncc1Cl. The van der Waals surface area contributed by atoms with Crippen molar-refractivity contribution in [3.8, 4) is 0 Å². The predicted molar refractivity (Wildman–Crippen MR) is 69.4 cm³/mol. The number of nitrogens with zero attached hydrogens (tertiary/aromatic N) is 2. The first-order valence-electron chi connectivity index (χ1n) is 5.63. The first kappa shape index (κ1) is 13.9. The van der Waals surface area contributed by atoms with E-state index in [4.69, 9.17) is 11.6 Å². The Morgan fingerprint density at radius 1 is 1.47 bits per heavy atom. The van der Waals surface area contributed by atoms with Crippen LogP contribution in [0.15, 0.2) is 18.5 Å². The molecule has 0 aliphatic heterocycles. The lowest BCUT2D eigenvalue weighted by atomic mass is 10.2. The molecule has 0 spiro atoms. The van der Waals surface area contributed by atoms with Crippen molar-refractivity contribution in [1.29, 1.82) is 0 Å². The molecule has 1 amide bonds. The topological polar surface area (TPSA) is 45.2 Å². The number of aromatic nitrogens is 1. The number of rotatable bonds is 6. The second-order valence-electron chi connectivity index (χ2n) is 4.12. The summed E-state index contributed by atoms with van der Waals surface area (Å²) in [6.07, 6.45) is 5.07. The zero-order chi connectivity index (χ0) is 12.7. The predicted octanol–water partition coefficient (Wildman–Crippen LogP) is 1.81. The molecular weight excluding hydrogens is 238 g/mol. The van der Waals surface area contributed by atoms with Crippen molar-refractivity contribution in [1.82, 2.24) is 15.2 Å². The molecule has 17 heavy (non-hydrogen) atoms. The minimum absolute atomic E-state index is 0.137. The Hall–Kier alpha value is -1.13. The van der Waals surface area contributed by atoms with Crippen molar-refractivity contribution >= 4 is 17.5 Å². The maximum Gasteiger partial charge on any atom is 0.252 e. The monoisotopic (exact) mass is 255 g/mol. The number of hydrogen-bond donors (Lipinski definition) is 1. The third-order valence-corrected chi connectivity index (χ3v) is 2.64. The van der Waals surface area contributed by atoms with Crippen molar-refractivity contribution in [3.63, 3.8) is 0 Å². The van der Waals surface area contributed by atoms with Crippen molar-refractivity contribution in [2.45, 2.75) is 12.8 Å². The highest BCUT2D eigenvalue weighted by molar-refractivity contribution is 6.33. The smallest absolute Gasteiger partial charge is 0.252 e. The van der Waals surface area contributed by atoms with Crippen LogP contribution < -0.4 is 5.32 Å². The van der Waals surface area contributed by atoms with Crippen LogP contribution >= 0.6 is 11.6 Å². The standard InChI is InChI=1S/C12H18ClN3O/c1-16(2)8-4-3-6-15-12(17)10-5-7-14-9-11(10)13/h5,7,9H,3-4,6,8H2,1-2H3,(H,15,17). The lowest BCUT2D eigenvalue weighted by molar-refractivity contribution is 0.0953. The number of halogens is 1. The molecule has 0 atom stereocenters. The molecule has 1 rings (SSSR count). The average molecular weight is 256 g/mol.